The smallest absolute Gasteiger partial charge is 0.0979 e. The molecule has 0 aliphatic carbocycles. The monoisotopic (exact) mass is 632 g/mol. The maximum absolute atomic E-state index is 4.76. The molecule has 0 atom stereocenters. The summed E-state index contributed by atoms with van der Waals surface area (Å²) in [6.45, 7) is 4.42. The van der Waals surface area contributed by atoms with E-state index in [4.69, 9.17) is 9.97 Å². The lowest BCUT2D eigenvalue weighted by molar-refractivity contribution is 0.556. The molecule has 0 saturated heterocycles. The number of halogens is 2. The van der Waals surface area contributed by atoms with Gasteiger partial charge < -0.3 is 0 Å². The predicted octanol–water partition coefficient (Wildman–Crippen LogP) is 11.4. The van der Waals surface area contributed by atoms with Crippen LogP contribution in [0.5, 0.6) is 0 Å². The molecule has 0 amide bonds. The quantitative estimate of drug-likeness (QED) is 0.137. The van der Waals surface area contributed by atoms with Gasteiger partial charge in [0.1, 0.15) is 0 Å². The van der Waals surface area contributed by atoms with Crippen molar-refractivity contribution < 1.29 is 0 Å². The van der Waals surface area contributed by atoms with Crippen molar-refractivity contribution in [3.05, 3.63) is 55.4 Å². The number of hydrogen-bond donors (Lipinski definition) is 0. The summed E-state index contributed by atoms with van der Waals surface area (Å²) < 4.78 is 2.43. The third-order valence-corrected chi connectivity index (χ3v) is 10.7. The zero-order valence-corrected chi connectivity index (χ0v) is 25.5. The first-order valence-corrected chi connectivity index (χ1v) is 16.1. The molecule has 1 aromatic carbocycles. The van der Waals surface area contributed by atoms with Crippen molar-refractivity contribution in [2.45, 2.75) is 84.5 Å². The highest BCUT2D eigenvalue weighted by Crippen LogP contribution is 2.42. The Labute approximate surface area is 234 Å². The lowest BCUT2D eigenvalue weighted by Gasteiger charge is -2.07. The number of aryl methyl sites for hydroxylation is 2. The Morgan fingerprint density at radius 3 is 1.74 bits per heavy atom. The van der Waals surface area contributed by atoms with Crippen LogP contribution in [0.1, 0.15) is 82.3 Å². The van der Waals surface area contributed by atoms with Gasteiger partial charge in [-0.05, 0) is 74.9 Å². The molecule has 0 saturated carbocycles. The summed E-state index contributed by atoms with van der Waals surface area (Å²) in [5.41, 5.74) is 6.94. The molecule has 0 spiro atoms. The van der Waals surface area contributed by atoms with Crippen LogP contribution in [0, 0.1) is 6.92 Å². The van der Waals surface area contributed by atoms with Crippen molar-refractivity contribution in [1.29, 1.82) is 0 Å². The zero-order valence-electron chi connectivity index (χ0n) is 20.7. The molecule has 186 valence electrons. The van der Waals surface area contributed by atoms with Gasteiger partial charge in [-0.15, -0.1) is 22.7 Å². The van der Waals surface area contributed by atoms with E-state index < -0.39 is 0 Å². The first-order valence-electron chi connectivity index (χ1n) is 12.9. The van der Waals surface area contributed by atoms with E-state index in [0.29, 0.717) is 0 Å². The van der Waals surface area contributed by atoms with Crippen LogP contribution in [-0.4, -0.2) is 9.97 Å². The minimum atomic E-state index is 0.972. The highest BCUT2D eigenvalue weighted by molar-refractivity contribution is 9.11. The number of aromatic nitrogens is 2. The van der Waals surface area contributed by atoms with Gasteiger partial charge >= 0.3 is 0 Å². The summed E-state index contributed by atoms with van der Waals surface area (Å²) in [5, 5.41) is 0. The second-order valence-electron chi connectivity index (χ2n) is 9.32. The largest absolute Gasteiger partial charge is 0.252 e. The van der Waals surface area contributed by atoms with Gasteiger partial charge in [0.25, 0.3) is 0 Å². The molecule has 0 fully saturated rings. The average Bonchev–Trinajstić information content (AvgIpc) is 3.40. The molecule has 35 heavy (non-hydrogen) atoms. The first kappa shape index (κ1) is 27.0. The number of rotatable bonds is 13. The van der Waals surface area contributed by atoms with Gasteiger partial charge in [-0.3, -0.25) is 9.97 Å². The zero-order chi connectivity index (χ0) is 24.6. The lowest BCUT2D eigenvalue weighted by atomic mass is 10.0. The summed E-state index contributed by atoms with van der Waals surface area (Å²) in [5.74, 6) is 0. The Hall–Kier alpha value is -1.08. The fraction of sp³-hybridized carbons (Fsp3) is 0.448. The Morgan fingerprint density at radius 2 is 1.20 bits per heavy atom. The second-order valence-corrected chi connectivity index (χ2v) is 14.1. The molecule has 0 aliphatic rings. The molecule has 6 heteroatoms. The van der Waals surface area contributed by atoms with Crippen LogP contribution < -0.4 is 0 Å². The van der Waals surface area contributed by atoms with E-state index >= 15 is 0 Å². The molecular weight excluding hydrogens is 600 g/mol. The van der Waals surface area contributed by atoms with Crippen LogP contribution in [-0.2, 0) is 6.42 Å². The third kappa shape index (κ3) is 7.03. The molecule has 0 radical (unpaired) electrons. The summed E-state index contributed by atoms with van der Waals surface area (Å²) in [7, 11) is 0. The van der Waals surface area contributed by atoms with Gasteiger partial charge in [-0.1, -0.05) is 76.8 Å². The van der Waals surface area contributed by atoms with Gasteiger partial charge in [0.05, 0.1) is 18.6 Å². The van der Waals surface area contributed by atoms with Crippen LogP contribution in [0.2, 0.25) is 0 Å². The van der Waals surface area contributed by atoms with Crippen LogP contribution in [0.15, 0.2) is 44.2 Å². The fourth-order valence-corrected chi connectivity index (χ4v) is 7.92. The second kappa shape index (κ2) is 13.5. The molecule has 2 nitrogen and oxygen atoms in total. The predicted molar refractivity (Wildman–Crippen MR) is 162 cm³/mol. The highest BCUT2D eigenvalue weighted by Gasteiger charge is 2.16. The lowest BCUT2D eigenvalue weighted by Crippen LogP contribution is -1.89. The van der Waals surface area contributed by atoms with Gasteiger partial charge in [0.15, 0.2) is 0 Å². The Morgan fingerprint density at radius 1 is 0.686 bits per heavy atom. The van der Waals surface area contributed by atoms with E-state index in [2.05, 4.69) is 70.0 Å². The van der Waals surface area contributed by atoms with Crippen molar-refractivity contribution >= 4 is 65.6 Å². The van der Waals surface area contributed by atoms with Gasteiger partial charge in [-0.25, -0.2) is 0 Å². The molecule has 3 heterocycles. The van der Waals surface area contributed by atoms with Crippen molar-refractivity contribution in [3.63, 3.8) is 0 Å². The third-order valence-electron chi connectivity index (χ3n) is 6.57. The fourth-order valence-electron chi connectivity index (χ4n) is 4.56. The highest BCUT2D eigenvalue weighted by atomic mass is 79.9. The summed E-state index contributed by atoms with van der Waals surface area (Å²) in [4.78, 5) is 12.0. The van der Waals surface area contributed by atoms with Crippen molar-refractivity contribution in [3.8, 4) is 20.9 Å². The van der Waals surface area contributed by atoms with Gasteiger partial charge in [0, 0.05) is 33.3 Å². The summed E-state index contributed by atoms with van der Waals surface area (Å²) in [6.07, 6.45) is 18.5. The standard InChI is InChI=1S/C29H34Br2N2S2/c1-3-4-5-6-7-8-9-10-11-12-13-21-19-25(35-29(21)31)23-15-14-22(24-18-20(2)28(30)34-24)26-27(23)33-17-16-32-26/h14-19H,3-13H2,1-2H3. The Balaban J connectivity index is 1.40. The minimum absolute atomic E-state index is 0.972. The van der Waals surface area contributed by atoms with Crippen LogP contribution in [0.25, 0.3) is 31.9 Å². The number of unbranched alkanes of at least 4 members (excludes halogenated alkanes) is 9. The van der Waals surface area contributed by atoms with E-state index in [1.165, 1.54) is 98.2 Å². The molecule has 0 N–H and O–H groups in total. The molecular formula is C29H34Br2N2S2. The number of benzene rings is 1. The SMILES string of the molecule is CCCCCCCCCCCCc1cc(-c2ccc(-c3cc(C)c(Br)s3)c3nccnc23)sc1Br. The molecule has 0 bridgehead atoms. The maximum atomic E-state index is 4.76. The van der Waals surface area contributed by atoms with Gasteiger partial charge in [0.2, 0.25) is 0 Å². The maximum Gasteiger partial charge on any atom is 0.0979 e. The molecule has 0 aliphatic heterocycles. The number of hydrogen-bond acceptors (Lipinski definition) is 4. The van der Waals surface area contributed by atoms with Gasteiger partial charge in [-0.2, -0.15) is 0 Å². The Bertz CT molecular complexity index is 1230. The van der Waals surface area contributed by atoms with E-state index in [1.54, 1.807) is 23.7 Å². The van der Waals surface area contributed by atoms with E-state index in [1.807, 2.05) is 11.3 Å². The summed E-state index contributed by atoms with van der Waals surface area (Å²) >= 11 is 11.1. The van der Waals surface area contributed by atoms with E-state index in [9.17, 15) is 0 Å². The number of nitrogens with zero attached hydrogens (tertiary/aromatic N) is 2. The normalized spacial score (nSPS) is 11.5. The molecule has 0 unspecified atom stereocenters. The number of thiophene rings is 2. The molecule has 3 aromatic heterocycles. The molecule has 4 aromatic rings. The Kier molecular flexibility index (Phi) is 10.4. The topological polar surface area (TPSA) is 25.8 Å². The van der Waals surface area contributed by atoms with Crippen molar-refractivity contribution in [2.24, 2.45) is 0 Å². The van der Waals surface area contributed by atoms with Crippen LogP contribution >= 0.6 is 54.5 Å². The molecule has 4 rings (SSSR count). The van der Waals surface area contributed by atoms with Crippen LogP contribution in [0.3, 0.4) is 0 Å². The minimum Gasteiger partial charge on any atom is -0.252 e. The first-order chi connectivity index (χ1) is 17.1. The van der Waals surface area contributed by atoms with Crippen molar-refractivity contribution in [2.75, 3.05) is 0 Å². The average molecular weight is 635 g/mol. The summed E-state index contributed by atoms with van der Waals surface area (Å²) in [6, 6.07) is 9.01. The van der Waals surface area contributed by atoms with Crippen molar-refractivity contribution in [1.82, 2.24) is 9.97 Å². The van der Waals surface area contributed by atoms with E-state index in [0.717, 1.165) is 23.0 Å². The van der Waals surface area contributed by atoms with Crippen LogP contribution in [0.4, 0.5) is 0 Å². The van der Waals surface area contributed by atoms with E-state index in [-0.39, 0.29) is 0 Å². The number of fused-ring (bicyclic) bond motifs is 1.